The maximum Gasteiger partial charge on any atom is 0.129 e. The highest BCUT2D eigenvalue weighted by molar-refractivity contribution is 5.40. The SMILES string of the molecule is C=CCCOc1ccc2c(c1)CCC(c1c(F)cc(CCCCC)cc1F)C2. The van der Waals surface area contributed by atoms with Gasteiger partial charge in [-0.05, 0) is 85.4 Å². The second kappa shape index (κ2) is 9.86. The number of unbranched alkanes of at least 4 members (excludes halogenated alkanes) is 2. The van der Waals surface area contributed by atoms with E-state index in [-0.39, 0.29) is 23.1 Å². The molecule has 3 rings (SSSR count). The van der Waals surface area contributed by atoms with E-state index in [1.54, 1.807) is 12.1 Å². The molecule has 0 amide bonds. The molecule has 0 aromatic heterocycles. The summed E-state index contributed by atoms with van der Waals surface area (Å²) < 4.78 is 35.2. The summed E-state index contributed by atoms with van der Waals surface area (Å²) in [4.78, 5) is 0. The topological polar surface area (TPSA) is 9.23 Å². The molecule has 150 valence electrons. The lowest BCUT2D eigenvalue weighted by Gasteiger charge is -2.26. The second-order valence-corrected chi connectivity index (χ2v) is 7.73. The van der Waals surface area contributed by atoms with Crippen LogP contribution in [0.15, 0.2) is 43.0 Å². The number of fused-ring (bicyclic) bond motifs is 1. The van der Waals surface area contributed by atoms with Crippen LogP contribution in [0.3, 0.4) is 0 Å². The highest BCUT2D eigenvalue weighted by Crippen LogP contribution is 2.37. The van der Waals surface area contributed by atoms with Crippen molar-refractivity contribution in [3.8, 4) is 5.75 Å². The minimum atomic E-state index is -0.385. The van der Waals surface area contributed by atoms with Crippen LogP contribution in [0.1, 0.15) is 67.2 Å². The number of hydrogen-bond donors (Lipinski definition) is 0. The second-order valence-electron chi connectivity index (χ2n) is 7.73. The predicted molar refractivity (Wildman–Crippen MR) is 111 cm³/mol. The molecule has 0 heterocycles. The molecule has 1 aliphatic carbocycles. The maximum absolute atomic E-state index is 14.7. The van der Waals surface area contributed by atoms with Crippen LogP contribution in [-0.4, -0.2) is 6.61 Å². The molecule has 0 N–H and O–H groups in total. The lowest BCUT2D eigenvalue weighted by atomic mass is 9.79. The summed E-state index contributed by atoms with van der Waals surface area (Å²) in [6, 6.07) is 9.14. The summed E-state index contributed by atoms with van der Waals surface area (Å²) in [5.41, 5.74) is 3.42. The zero-order valence-electron chi connectivity index (χ0n) is 16.8. The van der Waals surface area contributed by atoms with Gasteiger partial charge in [0.15, 0.2) is 0 Å². The van der Waals surface area contributed by atoms with Gasteiger partial charge in [0.2, 0.25) is 0 Å². The Kier molecular flexibility index (Phi) is 7.24. The van der Waals surface area contributed by atoms with E-state index < -0.39 is 0 Å². The zero-order valence-corrected chi connectivity index (χ0v) is 16.8. The molecular formula is C25H30F2O. The van der Waals surface area contributed by atoms with Gasteiger partial charge >= 0.3 is 0 Å². The number of aryl methyl sites for hydroxylation is 2. The zero-order chi connectivity index (χ0) is 19.9. The molecule has 1 atom stereocenters. The Morgan fingerprint density at radius 1 is 1.11 bits per heavy atom. The van der Waals surface area contributed by atoms with Crippen LogP contribution in [0.4, 0.5) is 8.78 Å². The smallest absolute Gasteiger partial charge is 0.129 e. The highest BCUT2D eigenvalue weighted by atomic mass is 19.1. The first-order valence-electron chi connectivity index (χ1n) is 10.5. The van der Waals surface area contributed by atoms with E-state index in [0.717, 1.165) is 61.8 Å². The summed E-state index contributed by atoms with van der Waals surface area (Å²) in [5.74, 6) is -0.0220. The van der Waals surface area contributed by atoms with Crippen molar-refractivity contribution in [1.82, 2.24) is 0 Å². The molecule has 0 bridgehead atoms. The number of benzene rings is 2. The van der Waals surface area contributed by atoms with Gasteiger partial charge < -0.3 is 4.74 Å². The molecule has 0 fully saturated rings. The Hall–Kier alpha value is -2.16. The molecule has 3 heteroatoms. The van der Waals surface area contributed by atoms with Gasteiger partial charge in [-0.1, -0.05) is 31.9 Å². The van der Waals surface area contributed by atoms with Crippen LogP contribution < -0.4 is 4.74 Å². The normalized spacial score (nSPS) is 15.9. The average molecular weight is 385 g/mol. The van der Waals surface area contributed by atoms with E-state index in [2.05, 4.69) is 19.6 Å². The molecular weight excluding hydrogens is 354 g/mol. The molecule has 2 aromatic carbocycles. The van der Waals surface area contributed by atoms with Crippen molar-refractivity contribution in [1.29, 1.82) is 0 Å². The van der Waals surface area contributed by atoms with Gasteiger partial charge in [-0.15, -0.1) is 6.58 Å². The summed E-state index contributed by atoms with van der Waals surface area (Å²) in [6.07, 6.45) is 8.79. The van der Waals surface area contributed by atoms with Crippen molar-refractivity contribution in [3.63, 3.8) is 0 Å². The fourth-order valence-electron chi connectivity index (χ4n) is 4.08. The number of hydrogen-bond acceptors (Lipinski definition) is 1. The van der Waals surface area contributed by atoms with E-state index >= 15 is 0 Å². The fraction of sp³-hybridized carbons (Fsp3) is 0.440. The van der Waals surface area contributed by atoms with Crippen molar-refractivity contribution < 1.29 is 13.5 Å². The van der Waals surface area contributed by atoms with E-state index in [0.29, 0.717) is 13.0 Å². The van der Waals surface area contributed by atoms with Crippen LogP contribution >= 0.6 is 0 Å². The third kappa shape index (κ3) is 5.01. The van der Waals surface area contributed by atoms with E-state index in [9.17, 15) is 8.78 Å². The first-order valence-corrected chi connectivity index (χ1v) is 10.5. The summed E-state index contributed by atoms with van der Waals surface area (Å²) >= 11 is 0. The van der Waals surface area contributed by atoms with Crippen molar-refractivity contribution in [2.75, 3.05) is 6.61 Å². The molecule has 0 saturated heterocycles. The van der Waals surface area contributed by atoms with Crippen molar-refractivity contribution in [2.45, 2.75) is 64.2 Å². The molecule has 0 radical (unpaired) electrons. The average Bonchev–Trinajstić information content (AvgIpc) is 2.68. The highest BCUT2D eigenvalue weighted by Gasteiger charge is 2.26. The van der Waals surface area contributed by atoms with Crippen molar-refractivity contribution in [2.24, 2.45) is 0 Å². The quantitative estimate of drug-likeness (QED) is 0.337. The van der Waals surface area contributed by atoms with Crippen molar-refractivity contribution in [3.05, 3.63) is 76.9 Å². The Morgan fingerprint density at radius 3 is 2.61 bits per heavy atom. The molecule has 28 heavy (non-hydrogen) atoms. The fourth-order valence-corrected chi connectivity index (χ4v) is 4.08. The van der Waals surface area contributed by atoms with Gasteiger partial charge in [0.05, 0.1) is 6.61 Å². The Balaban J connectivity index is 1.72. The molecule has 0 spiro atoms. The Morgan fingerprint density at radius 2 is 1.89 bits per heavy atom. The molecule has 0 saturated carbocycles. The molecule has 2 aromatic rings. The molecule has 1 aliphatic rings. The minimum Gasteiger partial charge on any atom is -0.493 e. The van der Waals surface area contributed by atoms with Gasteiger partial charge in [-0.3, -0.25) is 0 Å². The summed E-state index contributed by atoms with van der Waals surface area (Å²) in [5, 5.41) is 0. The number of rotatable bonds is 9. The van der Waals surface area contributed by atoms with Crippen molar-refractivity contribution >= 4 is 0 Å². The minimum absolute atomic E-state index is 0.107. The van der Waals surface area contributed by atoms with E-state index in [1.807, 2.05) is 18.2 Å². The van der Waals surface area contributed by atoms with E-state index in [1.165, 1.54) is 5.56 Å². The monoisotopic (exact) mass is 384 g/mol. The van der Waals surface area contributed by atoms with Crippen LogP contribution in [0.5, 0.6) is 5.75 Å². The van der Waals surface area contributed by atoms with Gasteiger partial charge in [0, 0.05) is 5.56 Å². The van der Waals surface area contributed by atoms with Gasteiger partial charge in [-0.25, -0.2) is 8.78 Å². The van der Waals surface area contributed by atoms with Crippen LogP contribution in [0.25, 0.3) is 0 Å². The Bertz CT molecular complexity index is 789. The summed E-state index contributed by atoms with van der Waals surface area (Å²) in [7, 11) is 0. The van der Waals surface area contributed by atoms with E-state index in [4.69, 9.17) is 4.74 Å². The summed E-state index contributed by atoms with van der Waals surface area (Å²) in [6.45, 7) is 6.44. The standard InChI is InChI=1S/C25H30F2O/c1-3-5-7-8-18-14-23(26)25(24(27)15-18)21-10-9-20-17-22(28-13-6-4-2)12-11-19(20)16-21/h4,11-12,14-15,17,21H,2-3,5-10,13,16H2,1H3. The molecule has 1 nitrogen and oxygen atoms in total. The van der Waals surface area contributed by atoms with Gasteiger partial charge in [0.25, 0.3) is 0 Å². The van der Waals surface area contributed by atoms with Crippen LogP contribution in [0.2, 0.25) is 0 Å². The number of halogens is 2. The van der Waals surface area contributed by atoms with Gasteiger partial charge in [0.1, 0.15) is 17.4 Å². The molecule has 0 aliphatic heterocycles. The lowest BCUT2D eigenvalue weighted by Crippen LogP contribution is -2.16. The Labute approximate surface area is 167 Å². The van der Waals surface area contributed by atoms with Gasteiger partial charge in [-0.2, -0.15) is 0 Å². The first kappa shape index (κ1) is 20.6. The molecule has 1 unspecified atom stereocenters. The number of ether oxygens (including phenoxy) is 1. The van der Waals surface area contributed by atoms with Crippen LogP contribution in [0, 0.1) is 11.6 Å². The lowest BCUT2D eigenvalue weighted by molar-refractivity contribution is 0.324. The largest absolute Gasteiger partial charge is 0.493 e. The maximum atomic E-state index is 14.7. The third-order valence-electron chi connectivity index (χ3n) is 5.61. The predicted octanol–water partition coefficient (Wildman–Crippen LogP) is 6.92. The third-order valence-corrected chi connectivity index (χ3v) is 5.61. The first-order chi connectivity index (χ1) is 13.6. The van der Waals surface area contributed by atoms with Crippen LogP contribution in [-0.2, 0) is 19.3 Å².